The van der Waals surface area contributed by atoms with Crippen molar-refractivity contribution >= 4 is 15.9 Å². The van der Waals surface area contributed by atoms with Gasteiger partial charge in [0.2, 0.25) is 0 Å². The number of fused-ring (bicyclic) bond motifs is 1. The van der Waals surface area contributed by atoms with Gasteiger partial charge in [0.15, 0.2) is 0 Å². The predicted molar refractivity (Wildman–Crippen MR) is 62.1 cm³/mol. The summed E-state index contributed by atoms with van der Waals surface area (Å²) in [5.41, 5.74) is 14.4. The summed E-state index contributed by atoms with van der Waals surface area (Å²) in [7, 11) is 0. The van der Waals surface area contributed by atoms with Gasteiger partial charge in [-0.15, -0.1) is 0 Å². The molecule has 0 saturated carbocycles. The minimum Gasteiger partial charge on any atom is -0.329 e. The Hall–Kier alpha value is -0.380. The van der Waals surface area contributed by atoms with Crippen molar-refractivity contribution in [1.82, 2.24) is 0 Å². The van der Waals surface area contributed by atoms with Crippen molar-refractivity contribution < 1.29 is 0 Å². The van der Waals surface area contributed by atoms with Gasteiger partial charge in [-0.1, -0.05) is 28.1 Å². The van der Waals surface area contributed by atoms with Crippen molar-refractivity contribution in [2.75, 3.05) is 6.54 Å². The molecule has 1 aliphatic carbocycles. The van der Waals surface area contributed by atoms with Crippen LogP contribution in [0.1, 0.15) is 17.5 Å². The molecule has 2 nitrogen and oxygen atoms in total. The number of hydrogen-bond donors (Lipinski definition) is 2. The molecule has 76 valence electrons. The highest BCUT2D eigenvalue weighted by Gasteiger charge is 2.29. The van der Waals surface area contributed by atoms with E-state index in [0.29, 0.717) is 6.54 Å². The van der Waals surface area contributed by atoms with E-state index < -0.39 is 0 Å². The minimum absolute atomic E-state index is 0.187. The number of benzene rings is 1. The summed E-state index contributed by atoms with van der Waals surface area (Å²) in [6.07, 6.45) is 2.92. The lowest BCUT2D eigenvalue weighted by atomic mass is 9.79. The van der Waals surface area contributed by atoms with E-state index in [0.717, 1.165) is 19.3 Å². The van der Waals surface area contributed by atoms with Crippen LogP contribution in [-0.2, 0) is 12.8 Å². The maximum Gasteiger partial charge on any atom is 0.0322 e. The largest absolute Gasteiger partial charge is 0.329 e. The molecule has 0 saturated heterocycles. The smallest absolute Gasteiger partial charge is 0.0322 e. The average molecular weight is 255 g/mol. The Morgan fingerprint density at radius 1 is 1.43 bits per heavy atom. The molecule has 1 aliphatic rings. The van der Waals surface area contributed by atoms with Crippen molar-refractivity contribution in [2.45, 2.75) is 24.8 Å². The van der Waals surface area contributed by atoms with E-state index in [1.54, 1.807) is 0 Å². The van der Waals surface area contributed by atoms with Crippen LogP contribution < -0.4 is 11.5 Å². The zero-order valence-corrected chi connectivity index (χ0v) is 9.68. The molecule has 0 fully saturated rings. The molecule has 14 heavy (non-hydrogen) atoms. The Bertz CT molecular complexity index is 351. The molecule has 3 heteroatoms. The quantitative estimate of drug-likeness (QED) is 0.800. The second-order valence-corrected chi connectivity index (χ2v) is 4.98. The van der Waals surface area contributed by atoms with E-state index in [4.69, 9.17) is 11.5 Å². The van der Waals surface area contributed by atoms with Crippen molar-refractivity contribution in [3.8, 4) is 0 Å². The normalized spacial score (nSPS) is 25.9. The molecular formula is C11H15BrN2. The van der Waals surface area contributed by atoms with Crippen LogP contribution in [-0.4, -0.2) is 12.1 Å². The van der Waals surface area contributed by atoms with E-state index in [9.17, 15) is 0 Å². The summed E-state index contributed by atoms with van der Waals surface area (Å²) in [4.78, 5) is 0. The van der Waals surface area contributed by atoms with E-state index in [2.05, 4.69) is 34.1 Å². The lowest BCUT2D eigenvalue weighted by Gasteiger charge is -2.34. The number of hydrogen-bond acceptors (Lipinski definition) is 2. The molecular weight excluding hydrogens is 240 g/mol. The highest BCUT2D eigenvalue weighted by molar-refractivity contribution is 9.10. The molecule has 0 spiro atoms. The number of rotatable bonds is 1. The molecule has 2 rings (SSSR count). The summed E-state index contributed by atoms with van der Waals surface area (Å²) in [5, 5.41) is 0. The number of halogens is 1. The minimum atomic E-state index is -0.187. The molecule has 1 atom stereocenters. The highest BCUT2D eigenvalue weighted by Crippen LogP contribution is 2.31. The molecule has 1 unspecified atom stereocenters. The van der Waals surface area contributed by atoms with Gasteiger partial charge in [-0.2, -0.15) is 0 Å². The first kappa shape index (κ1) is 10.1. The van der Waals surface area contributed by atoms with Crippen LogP contribution in [0, 0.1) is 0 Å². The zero-order valence-electron chi connectivity index (χ0n) is 8.09. The van der Waals surface area contributed by atoms with Gasteiger partial charge in [0.1, 0.15) is 0 Å². The van der Waals surface area contributed by atoms with Crippen LogP contribution in [0.15, 0.2) is 22.7 Å². The summed E-state index contributed by atoms with van der Waals surface area (Å²) >= 11 is 3.57. The van der Waals surface area contributed by atoms with Gasteiger partial charge in [0.25, 0.3) is 0 Å². The zero-order chi connectivity index (χ0) is 10.2. The molecule has 4 N–H and O–H groups in total. The second-order valence-electron chi connectivity index (χ2n) is 4.12. The van der Waals surface area contributed by atoms with Gasteiger partial charge < -0.3 is 11.5 Å². The molecule has 0 heterocycles. The van der Waals surface area contributed by atoms with Gasteiger partial charge in [-0.05, 0) is 36.5 Å². The third-order valence-electron chi connectivity index (χ3n) is 3.04. The average Bonchev–Trinajstić information content (AvgIpc) is 2.18. The first-order valence-electron chi connectivity index (χ1n) is 4.90. The second kappa shape index (κ2) is 3.65. The molecule has 0 aromatic heterocycles. The third-order valence-corrected chi connectivity index (χ3v) is 3.78. The first-order valence-corrected chi connectivity index (χ1v) is 5.69. The van der Waals surface area contributed by atoms with Gasteiger partial charge >= 0.3 is 0 Å². The van der Waals surface area contributed by atoms with Gasteiger partial charge in [-0.25, -0.2) is 0 Å². The predicted octanol–water partition coefficient (Wildman–Crippen LogP) is 1.59. The molecule has 0 amide bonds. The lowest BCUT2D eigenvalue weighted by Crippen LogP contribution is -2.51. The number of nitrogens with two attached hydrogens (primary N) is 2. The summed E-state index contributed by atoms with van der Waals surface area (Å²) in [6.45, 7) is 0.568. The van der Waals surface area contributed by atoms with E-state index >= 15 is 0 Å². The highest BCUT2D eigenvalue weighted by atomic mass is 79.9. The molecule has 1 aromatic carbocycles. The van der Waals surface area contributed by atoms with E-state index in [1.807, 2.05) is 0 Å². The Labute approximate surface area is 92.8 Å². The fraction of sp³-hybridized carbons (Fsp3) is 0.455. The Morgan fingerprint density at radius 2 is 2.21 bits per heavy atom. The fourth-order valence-electron chi connectivity index (χ4n) is 2.06. The van der Waals surface area contributed by atoms with Crippen molar-refractivity contribution in [3.63, 3.8) is 0 Å². The molecule has 0 aliphatic heterocycles. The summed E-state index contributed by atoms with van der Waals surface area (Å²) in [5.74, 6) is 0. The van der Waals surface area contributed by atoms with Crippen LogP contribution in [0.4, 0.5) is 0 Å². The Morgan fingerprint density at radius 3 is 2.93 bits per heavy atom. The molecule has 0 radical (unpaired) electrons. The van der Waals surface area contributed by atoms with E-state index in [-0.39, 0.29) is 5.54 Å². The fourth-order valence-corrected chi connectivity index (χ4v) is 2.67. The van der Waals surface area contributed by atoms with Gasteiger partial charge in [0, 0.05) is 16.6 Å². The van der Waals surface area contributed by atoms with Crippen molar-refractivity contribution in [1.29, 1.82) is 0 Å². The van der Waals surface area contributed by atoms with Gasteiger partial charge in [-0.3, -0.25) is 0 Å². The standard InChI is InChI=1S/C11H15BrN2/c12-10-3-1-2-8-6-11(14,7-13)5-4-9(8)10/h1-3H,4-7,13-14H2. The maximum atomic E-state index is 6.18. The van der Waals surface area contributed by atoms with Crippen LogP contribution in [0.25, 0.3) is 0 Å². The van der Waals surface area contributed by atoms with Crippen molar-refractivity contribution in [2.24, 2.45) is 11.5 Å². The van der Waals surface area contributed by atoms with E-state index in [1.165, 1.54) is 15.6 Å². The topological polar surface area (TPSA) is 52.0 Å². The Balaban J connectivity index is 2.36. The SMILES string of the molecule is NCC1(N)CCc2c(Br)cccc2C1. The maximum absolute atomic E-state index is 6.18. The van der Waals surface area contributed by atoms with Crippen LogP contribution in [0.5, 0.6) is 0 Å². The van der Waals surface area contributed by atoms with Crippen molar-refractivity contribution in [3.05, 3.63) is 33.8 Å². The molecule has 1 aromatic rings. The Kier molecular flexibility index (Phi) is 2.64. The van der Waals surface area contributed by atoms with Crippen LogP contribution >= 0.6 is 15.9 Å². The van der Waals surface area contributed by atoms with Crippen LogP contribution in [0.2, 0.25) is 0 Å². The van der Waals surface area contributed by atoms with Crippen LogP contribution in [0.3, 0.4) is 0 Å². The third kappa shape index (κ3) is 1.72. The summed E-state index contributed by atoms with van der Waals surface area (Å²) in [6, 6.07) is 6.30. The first-order chi connectivity index (χ1) is 6.64. The lowest BCUT2D eigenvalue weighted by molar-refractivity contribution is 0.381. The monoisotopic (exact) mass is 254 g/mol. The molecule has 0 bridgehead atoms. The van der Waals surface area contributed by atoms with Gasteiger partial charge in [0.05, 0.1) is 0 Å². The summed E-state index contributed by atoms with van der Waals surface area (Å²) < 4.78 is 1.20.